The van der Waals surface area contributed by atoms with E-state index in [9.17, 15) is 10.1 Å². The fraction of sp³-hybridized carbons (Fsp3) is 0.238. The number of nitrogens with zero attached hydrogens (tertiary/aromatic N) is 1. The van der Waals surface area contributed by atoms with Crippen molar-refractivity contribution >= 4 is 17.7 Å². The zero-order chi connectivity index (χ0) is 17.7. The molecule has 1 amide bonds. The Hall–Kier alpha value is -2.86. The van der Waals surface area contributed by atoms with Crippen molar-refractivity contribution in [2.75, 3.05) is 5.32 Å². The van der Waals surface area contributed by atoms with Crippen molar-refractivity contribution in [2.24, 2.45) is 0 Å². The van der Waals surface area contributed by atoms with Crippen LogP contribution in [0.1, 0.15) is 37.5 Å². The van der Waals surface area contributed by atoms with Gasteiger partial charge in [0.25, 0.3) is 5.91 Å². The second-order valence-corrected chi connectivity index (χ2v) is 6.86. The Morgan fingerprint density at radius 1 is 1.04 bits per heavy atom. The molecule has 0 bridgehead atoms. The Morgan fingerprint density at radius 3 is 2.12 bits per heavy atom. The van der Waals surface area contributed by atoms with Gasteiger partial charge in [-0.05, 0) is 41.7 Å². The zero-order valence-corrected chi connectivity index (χ0v) is 14.6. The highest BCUT2D eigenvalue weighted by atomic mass is 16.1. The molecule has 0 saturated carbocycles. The van der Waals surface area contributed by atoms with Crippen LogP contribution in [0.15, 0.2) is 54.1 Å². The van der Waals surface area contributed by atoms with E-state index in [0.717, 1.165) is 11.1 Å². The monoisotopic (exact) mass is 318 g/mol. The van der Waals surface area contributed by atoms with Gasteiger partial charge in [-0.2, -0.15) is 5.26 Å². The highest BCUT2D eigenvalue weighted by molar-refractivity contribution is 6.09. The summed E-state index contributed by atoms with van der Waals surface area (Å²) in [5.41, 5.74) is 3.99. The highest BCUT2D eigenvalue weighted by Gasteiger charge is 2.13. The summed E-state index contributed by atoms with van der Waals surface area (Å²) in [6.45, 7) is 8.42. The van der Waals surface area contributed by atoms with Crippen LogP contribution in [0.2, 0.25) is 0 Å². The van der Waals surface area contributed by atoms with Gasteiger partial charge in [0.1, 0.15) is 11.6 Å². The number of nitrogens with one attached hydrogen (secondary N) is 1. The first-order chi connectivity index (χ1) is 11.3. The minimum absolute atomic E-state index is 0.0725. The lowest BCUT2D eigenvalue weighted by atomic mass is 9.86. The van der Waals surface area contributed by atoms with Gasteiger partial charge in [0.2, 0.25) is 0 Å². The largest absolute Gasteiger partial charge is 0.321 e. The third-order valence-corrected chi connectivity index (χ3v) is 3.76. The SMILES string of the molecule is Cc1ccc(NC(=O)C(C#N)=Cc2ccc(C(C)(C)C)cc2)cc1. The number of hydrogen-bond acceptors (Lipinski definition) is 2. The lowest BCUT2D eigenvalue weighted by molar-refractivity contribution is -0.112. The molecule has 0 aromatic heterocycles. The van der Waals surface area contributed by atoms with E-state index < -0.39 is 5.91 Å². The Balaban J connectivity index is 2.18. The quantitative estimate of drug-likeness (QED) is 0.650. The molecular weight excluding hydrogens is 296 g/mol. The van der Waals surface area contributed by atoms with E-state index in [0.29, 0.717) is 5.69 Å². The van der Waals surface area contributed by atoms with Gasteiger partial charge in [0.05, 0.1) is 0 Å². The lowest BCUT2D eigenvalue weighted by Gasteiger charge is -2.18. The van der Waals surface area contributed by atoms with Crippen LogP contribution < -0.4 is 5.32 Å². The predicted octanol–water partition coefficient (Wildman–Crippen LogP) is 4.84. The number of rotatable bonds is 3. The van der Waals surface area contributed by atoms with Gasteiger partial charge in [-0.3, -0.25) is 4.79 Å². The number of nitriles is 1. The first-order valence-electron chi connectivity index (χ1n) is 7.90. The van der Waals surface area contributed by atoms with Crippen molar-refractivity contribution in [3.63, 3.8) is 0 Å². The average molecular weight is 318 g/mol. The van der Waals surface area contributed by atoms with Crippen LogP contribution in [-0.4, -0.2) is 5.91 Å². The standard InChI is InChI=1S/C21H22N2O/c1-15-5-11-19(12-6-15)23-20(24)17(14-22)13-16-7-9-18(10-8-16)21(2,3)4/h5-13H,1-4H3,(H,23,24). The van der Waals surface area contributed by atoms with E-state index in [1.165, 1.54) is 5.56 Å². The van der Waals surface area contributed by atoms with E-state index in [-0.39, 0.29) is 11.0 Å². The maximum absolute atomic E-state index is 12.3. The summed E-state index contributed by atoms with van der Waals surface area (Å²) in [7, 11) is 0. The molecule has 0 saturated heterocycles. The molecule has 1 N–H and O–H groups in total. The van der Waals surface area contributed by atoms with Gasteiger partial charge in [0.15, 0.2) is 0 Å². The average Bonchev–Trinajstić information content (AvgIpc) is 2.54. The van der Waals surface area contributed by atoms with Crippen LogP contribution in [0.4, 0.5) is 5.69 Å². The van der Waals surface area contributed by atoms with Crippen LogP contribution in [0.25, 0.3) is 6.08 Å². The Labute approximate surface area is 143 Å². The maximum atomic E-state index is 12.3. The van der Waals surface area contributed by atoms with Crippen molar-refractivity contribution in [1.29, 1.82) is 5.26 Å². The van der Waals surface area contributed by atoms with E-state index in [2.05, 4.69) is 26.1 Å². The second-order valence-electron chi connectivity index (χ2n) is 6.86. The fourth-order valence-electron chi connectivity index (χ4n) is 2.23. The summed E-state index contributed by atoms with van der Waals surface area (Å²) in [5.74, 6) is -0.402. The first kappa shape index (κ1) is 17.5. The van der Waals surface area contributed by atoms with Crippen molar-refractivity contribution in [2.45, 2.75) is 33.1 Å². The molecule has 0 fully saturated rings. The van der Waals surface area contributed by atoms with E-state index in [1.807, 2.05) is 61.5 Å². The predicted molar refractivity (Wildman–Crippen MR) is 98.5 cm³/mol. The molecule has 3 nitrogen and oxygen atoms in total. The zero-order valence-electron chi connectivity index (χ0n) is 14.6. The number of carbonyl (C=O) groups excluding carboxylic acids is 1. The van der Waals surface area contributed by atoms with Gasteiger partial charge in [-0.1, -0.05) is 62.7 Å². The third kappa shape index (κ3) is 4.57. The summed E-state index contributed by atoms with van der Waals surface area (Å²) in [5, 5.41) is 12.0. The lowest BCUT2D eigenvalue weighted by Crippen LogP contribution is -2.13. The minimum atomic E-state index is -0.402. The number of amides is 1. The van der Waals surface area contributed by atoms with Crippen molar-refractivity contribution in [3.8, 4) is 6.07 Å². The fourth-order valence-corrected chi connectivity index (χ4v) is 2.23. The molecule has 0 radical (unpaired) electrons. The molecule has 0 aliphatic heterocycles. The normalized spacial score (nSPS) is 11.7. The molecule has 0 heterocycles. The van der Waals surface area contributed by atoms with Gasteiger partial charge < -0.3 is 5.32 Å². The second kappa shape index (κ2) is 7.14. The molecule has 2 aromatic carbocycles. The molecule has 2 rings (SSSR count). The van der Waals surface area contributed by atoms with Gasteiger partial charge in [0, 0.05) is 5.69 Å². The van der Waals surface area contributed by atoms with Crippen LogP contribution in [0.5, 0.6) is 0 Å². The van der Waals surface area contributed by atoms with Crippen molar-refractivity contribution in [1.82, 2.24) is 0 Å². The molecule has 0 spiro atoms. The van der Waals surface area contributed by atoms with E-state index in [1.54, 1.807) is 6.08 Å². The number of aryl methyl sites for hydroxylation is 1. The molecule has 2 aromatic rings. The van der Waals surface area contributed by atoms with Gasteiger partial charge in [-0.15, -0.1) is 0 Å². The Morgan fingerprint density at radius 2 is 1.62 bits per heavy atom. The number of benzene rings is 2. The first-order valence-corrected chi connectivity index (χ1v) is 7.90. The molecule has 122 valence electrons. The van der Waals surface area contributed by atoms with Crippen LogP contribution in [0.3, 0.4) is 0 Å². The van der Waals surface area contributed by atoms with Gasteiger partial charge >= 0.3 is 0 Å². The molecule has 3 heteroatoms. The molecule has 0 unspecified atom stereocenters. The van der Waals surface area contributed by atoms with Gasteiger partial charge in [-0.25, -0.2) is 0 Å². The molecule has 0 atom stereocenters. The molecule has 24 heavy (non-hydrogen) atoms. The molecule has 0 aliphatic rings. The van der Waals surface area contributed by atoms with E-state index >= 15 is 0 Å². The van der Waals surface area contributed by atoms with Crippen molar-refractivity contribution in [3.05, 3.63) is 70.8 Å². The summed E-state index contributed by atoms with van der Waals surface area (Å²) < 4.78 is 0. The number of anilines is 1. The van der Waals surface area contributed by atoms with E-state index in [4.69, 9.17) is 0 Å². The highest BCUT2D eigenvalue weighted by Crippen LogP contribution is 2.23. The van der Waals surface area contributed by atoms with Crippen LogP contribution in [-0.2, 0) is 10.2 Å². The van der Waals surface area contributed by atoms with Crippen LogP contribution >= 0.6 is 0 Å². The maximum Gasteiger partial charge on any atom is 0.266 e. The smallest absolute Gasteiger partial charge is 0.266 e. The molecule has 0 aliphatic carbocycles. The summed E-state index contributed by atoms with van der Waals surface area (Å²) in [4.78, 5) is 12.3. The van der Waals surface area contributed by atoms with Crippen LogP contribution in [0, 0.1) is 18.3 Å². The molecular formula is C21H22N2O. The topological polar surface area (TPSA) is 52.9 Å². The minimum Gasteiger partial charge on any atom is -0.321 e. The number of carbonyl (C=O) groups is 1. The summed E-state index contributed by atoms with van der Waals surface area (Å²) in [6, 6.07) is 17.4. The Bertz CT molecular complexity index is 786. The van der Waals surface area contributed by atoms with Crippen molar-refractivity contribution < 1.29 is 4.79 Å². The summed E-state index contributed by atoms with van der Waals surface area (Å²) in [6.07, 6.45) is 1.61. The Kier molecular flexibility index (Phi) is 5.21. The summed E-state index contributed by atoms with van der Waals surface area (Å²) >= 11 is 0. The number of hydrogen-bond donors (Lipinski definition) is 1. The third-order valence-electron chi connectivity index (χ3n) is 3.76.